The van der Waals surface area contributed by atoms with Crippen molar-refractivity contribution in [2.24, 2.45) is 0 Å². The number of esters is 1. The molecule has 33 heavy (non-hydrogen) atoms. The van der Waals surface area contributed by atoms with Crippen molar-refractivity contribution in [3.8, 4) is 11.3 Å². The molecule has 0 amide bonds. The summed E-state index contributed by atoms with van der Waals surface area (Å²) in [6.45, 7) is 0.265. The van der Waals surface area contributed by atoms with Crippen molar-refractivity contribution in [2.75, 3.05) is 0 Å². The van der Waals surface area contributed by atoms with E-state index in [0.717, 1.165) is 66.4 Å². The number of aromatic amines is 1. The van der Waals surface area contributed by atoms with E-state index in [9.17, 15) is 4.79 Å². The van der Waals surface area contributed by atoms with Gasteiger partial charge in [0.05, 0.1) is 23.0 Å². The highest BCUT2D eigenvalue weighted by Gasteiger charge is 2.43. The molecule has 0 bridgehead atoms. The van der Waals surface area contributed by atoms with Crippen LogP contribution in [0.3, 0.4) is 0 Å². The van der Waals surface area contributed by atoms with Gasteiger partial charge >= 0.3 is 5.97 Å². The van der Waals surface area contributed by atoms with Gasteiger partial charge in [-0.2, -0.15) is 5.10 Å². The average Bonchev–Trinajstić information content (AvgIpc) is 3.17. The fraction of sp³-hybridized carbons (Fsp3) is 0.320. The number of carbonyl (C=O) groups excluding carboxylic acids is 1. The Labute approximate surface area is 205 Å². The summed E-state index contributed by atoms with van der Waals surface area (Å²) in [7, 11) is 0. The predicted molar refractivity (Wildman–Crippen MR) is 133 cm³/mol. The van der Waals surface area contributed by atoms with Crippen molar-refractivity contribution in [1.82, 2.24) is 25.1 Å². The summed E-state index contributed by atoms with van der Waals surface area (Å²) in [4.78, 5) is 27.4. The van der Waals surface area contributed by atoms with Crippen molar-refractivity contribution in [3.05, 3.63) is 69.9 Å². The Balaban J connectivity index is 1.53. The van der Waals surface area contributed by atoms with Crippen molar-refractivity contribution >= 4 is 39.6 Å². The molecule has 168 valence electrons. The molecule has 1 aromatic carbocycles. The molecule has 1 fully saturated rings. The normalized spacial score (nSPS) is 15.8. The Kier molecular flexibility index (Phi) is 6.34. The Morgan fingerprint density at radius 3 is 2.64 bits per heavy atom. The number of aromatic nitrogens is 5. The minimum atomic E-state index is -0.753. The maximum absolute atomic E-state index is 13.6. The molecule has 3 aromatic heterocycles. The third kappa shape index (κ3) is 4.48. The van der Waals surface area contributed by atoms with Gasteiger partial charge in [0.1, 0.15) is 12.0 Å². The summed E-state index contributed by atoms with van der Waals surface area (Å²) in [6, 6.07) is 13.7. The Hall–Kier alpha value is -2.88. The minimum absolute atomic E-state index is 0.191. The van der Waals surface area contributed by atoms with Crippen LogP contribution in [0.25, 0.3) is 22.3 Å². The molecule has 0 saturated heterocycles. The van der Waals surface area contributed by atoms with Gasteiger partial charge in [-0.25, -0.2) is 9.97 Å². The third-order valence-electron chi connectivity index (χ3n) is 6.37. The Morgan fingerprint density at radius 2 is 1.85 bits per heavy atom. The van der Waals surface area contributed by atoms with Crippen LogP contribution in [0.5, 0.6) is 0 Å². The first-order valence-electron chi connectivity index (χ1n) is 11.2. The van der Waals surface area contributed by atoms with Gasteiger partial charge in [0.2, 0.25) is 0 Å². The highest BCUT2D eigenvalue weighted by molar-refractivity contribution is 14.1. The second kappa shape index (κ2) is 9.54. The number of halogens is 1. The lowest BCUT2D eigenvalue weighted by Crippen LogP contribution is -2.38. The monoisotopic (exact) mass is 553 g/mol. The summed E-state index contributed by atoms with van der Waals surface area (Å²) in [5.41, 5.74) is 3.35. The highest BCUT2D eigenvalue weighted by Crippen LogP contribution is 2.40. The van der Waals surface area contributed by atoms with Gasteiger partial charge < -0.3 is 4.74 Å². The number of rotatable bonds is 5. The zero-order valence-electron chi connectivity index (χ0n) is 18.1. The van der Waals surface area contributed by atoms with Crippen LogP contribution in [-0.2, 0) is 21.6 Å². The van der Waals surface area contributed by atoms with Gasteiger partial charge in [-0.05, 0) is 30.5 Å². The predicted octanol–water partition coefficient (Wildman–Crippen LogP) is 5.35. The molecule has 8 heteroatoms. The summed E-state index contributed by atoms with van der Waals surface area (Å²) in [5.74, 6) is -0.191. The van der Waals surface area contributed by atoms with Crippen LogP contribution in [0, 0.1) is 3.83 Å². The van der Waals surface area contributed by atoms with Crippen molar-refractivity contribution in [1.29, 1.82) is 0 Å². The van der Waals surface area contributed by atoms with Crippen molar-refractivity contribution < 1.29 is 9.53 Å². The molecule has 0 aliphatic heterocycles. The molecule has 3 heterocycles. The molecule has 7 nitrogen and oxygen atoms in total. The fourth-order valence-electron chi connectivity index (χ4n) is 4.63. The van der Waals surface area contributed by atoms with E-state index < -0.39 is 5.41 Å². The van der Waals surface area contributed by atoms with Crippen LogP contribution >= 0.6 is 22.6 Å². The Morgan fingerprint density at radius 1 is 1.06 bits per heavy atom. The SMILES string of the molecule is O=C(OCc1ccccc1)C1(c2cc(-c3nc(I)nc4[nH]ncc34)ccn2)CCCCCC1. The van der Waals surface area contributed by atoms with Crippen LogP contribution in [0.2, 0.25) is 0 Å². The first-order valence-corrected chi connectivity index (χ1v) is 12.3. The summed E-state index contributed by atoms with van der Waals surface area (Å²) in [5, 5.41) is 7.89. The summed E-state index contributed by atoms with van der Waals surface area (Å²) >= 11 is 2.11. The largest absolute Gasteiger partial charge is 0.460 e. The molecule has 0 radical (unpaired) electrons. The van der Waals surface area contributed by atoms with E-state index in [4.69, 9.17) is 9.72 Å². The van der Waals surface area contributed by atoms with Gasteiger partial charge in [0.25, 0.3) is 0 Å². The van der Waals surface area contributed by atoms with E-state index in [1.54, 1.807) is 12.4 Å². The molecule has 0 atom stereocenters. The van der Waals surface area contributed by atoms with Crippen LogP contribution in [0.4, 0.5) is 0 Å². The number of hydrogen-bond donors (Lipinski definition) is 1. The number of ether oxygens (including phenoxy) is 1. The number of benzene rings is 1. The number of hydrogen-bond acceptors (Lipinski definition) is 6. The number of nitrogens with zero attached hydrogens (tertiary/aromatic N) is 4. The standard InChI is InChI=1S/C25H24IN5O2/c26-24-29-21(19-15-28-31-22(19)30-24)18-10-13-27-20(14-18)25(11-6-1-2-7-12-25)23(32)33-16-17-8-4-3-5-9-17/h3-5,8-10,13-15H,1-2,6-7,11-12,16H2,(H,28,29,30,31). The zero-order valence-corrected chi connectivity index (χ0v) is 20.3. The van der Waals surface area contributed by atoms with Crippen molar-refractivity contribution in [3.63, 3.8) is 0 Å². The molecular formula is C25H24IN5O2. The minimum Gasteiger partial charge on any atom is -0.460 e. The van der Waals surface area contributed by atoms with E-state index in [2.05, 4.69) is 42.8 Å². The quantitative estimate of drug-likeness (QED) is 0.155. The van der Waals surface area contributed by atoms with Gasteiger partial charge in [-0.15, -0.1) is 0 Å². The topological polar surface area (TPSA) is 93.7 Å². The number of fused-ring (bicyclic) bond motifs is 1. The zero-order chi connectivity index (χ0) is 22.7. The van der Waals surface area contributed by atoms with Crippen molar-refractivity contribution in [2.45, 2.75) is 50.5 Å². The van der Waals surface area contributed by atoms with Crippen LogP contribution < -0.4 is 0 Å². The summed E-state index contributed by atoms with van der Waals surface area (Å²) in [6.07, 6.45) is 9.16. The first kappa shape index (κ1) is 21.9. The Bertz CT molecular complexity index is 1270. The maximum atomic E-state index is 13.6. The van der Waals surface area contributed by atoms with E-state index in [-0.39, 0.29) is 12.6 Å². The molecule has 1 N–H and O–H groups in total. The van der Waals surface area contributed by atoms with Gasteiger partial charge in [0, 0.05) is 34.4 Å². The second-order valence-corrected chi connectivity index (χ2v) is 9.43. The average molecular weight is 553 g/mol. The highest BCUT2D eigenvalue weighted by atomic mass is 127. The molecular weight excluding hydrogens is 529 g/mol. The molecule has 0 spiro atoms. The lowest BCUT2D eigenvalue weighted by atomic mass is 9.76. The number of H-pyrrole nitrogens is 1. The van der Waals surface area contributed by atoms with E-state index in [0.29, 0.717) is 9.48 Å². The number of carbonyl (C=O) groups is 1. The van der Waals surface area contributed by atoms with Crippen LogP contribution in [0.1, 0.15) is 49.8 Å². The summed E-state index contributed by atoms with van der Waals surface area (Å²) < 4.78 is 6.51. The van der Waals surface area contributed by atoms with Gasteiger partial charge in [0.15, 0.2) is 9.48 Å². The van der Waals surface area contributed by atoms with Gasteiger partial charge in [-0.1, -0.05) is 56.0 Å². The van der Waals surface area contributed by atoms with E-state index in [1.807, 2.05) is 42.5 Å². The molecule has 4 aromatic rings. The smallest absolute Gasteiger partial charge is 0.318 e. The lowest BCUT2D eigenvalue weighted by molar-refractivity contribution is -0.153. The molecule has 1 aliphatic rings. The van der Waals surface area contributed by atoms with E-state index >= 15 is 0 Å². The molecule has 1 saturated carbocycles. The molecule has 1 aliphatic carbocycles. The maximum Gasteiger partial charge on any atom is 0.318 e. The van der Waals surface area contributed by atoms with Gasteiger partial charge in [-0.3, -0.25) is 14.9 Å². The molecule has 0 unspecified atom stereocenters. The van der Waals surface area contributed by atoms with E-state index in [1.165, 1.54) is 0 Å². The second-order valence-electron chi connectivity index (χ2n) is 8.46. The first-order chi connectivity index (χ1) is 16.2. The fourth-order valence-corrected chi connectivity index (χ4v) is 5.11. The third-order valence-corrected chi connectivity index (χ3v) is 6.85. The molecule has 5 rings (SSSR count). The lowest BCUT2D eigenvalue weighted by Gasteiger charge is -2.30. The number of pyridine rings is 1. The number of nitrogens with one attached hydrogen (secondary N) is 1. The van der Waals surface area contributed by atoms with Crippen LogP contribution in [0.15, 0.2) is 54.9 Å². The van der Waals surface area contributed by atoms with Crippen LogP contribution in [-0.4, -0.2) is 31.1 Å².